The van der Waals surface area contributed by atoms with Crippen molar-refractivity contribution < 1.29 is 0 Å². The molecule has 78 valence electrons. The van der Waals surface area contributed by atoms with E-state index in [2.05, 4.69) is 41.6 Å². The van der Waals surface area contributed by atoms with Crippen LogP contribution in [-0.2, 0) is 0 Å². The Labute approximate surface area is 89.7 Å². The van der Waals surface area contributed by atoms with Crippen LogP contribution in [-0.4, -0.2) is 18.1 Å². The van der Waals surface area contributed by atoms with Crippen LogP contribution >= 0.6 is 0 Å². The average molecular weight is 200 g/mol. The molecule has 0 bridgehead atoms. The predicted octanol–water partition coefficient (Wildman–Crippen LogP) is 2.55. The van der Waals surface area contributed by atoms with Gasteiger partial charge in [-0.15, -0.1) is 0 Å². The molecule has 2 heterocycles. The van der Waals surface area contributed by atoms with Crippen LogP contribution in [0.5, 0.6) is 0 Å². The maximum atomic E-state index is 3.42. The van der Waals surface area contributed by atoms with Crippen LogP contribution in [0, 0.1) is 6.92 Å². The molecular formula is C13H16N2. The van der Waals surface area contributed by atoms with Crippen LogP contribution in [0.4, 0.5) is 0 Å². The molecule has 1 aliphatic heterocycles. The number of H-pyrrole nitrogens is 1. The maximum absolute atomic E-state index is 3.42. The van der Waals surface area contributed by atoms with E-state index in [4.69, 9.17) is 0 Å². The molecule has 15 heavy (non-hydrogen) atoms. The Bertz CT molecular complexity index is 478. The zero-order chi connectivity index (χ0) is 10.3. The Morgan fingerprint density at radius 3 is 3.07 bits per heavy atom. The Morgan fingerprint density at radius 1 is 1.33 bits per heavy atom. The molecule has 0 saturated carbocycles. The molecule has 0 spiro atoms. The molecule has 0 amide bonds. The van der Waals surface area contributed by atoms with E-state index >= 15 is 0 Å². The molecule has 2 N–H and O–H groups in total. The van der Waals surface area contributed by atoms with Gasteiger partial charge in [-0.1, -0.05) is 12.1 Å². The van der Waals surface area contributed by atoms with Crippen LogP contribution in [0.3, 0.4) is 0 Å². The minimum atomic E-state index is 0.696. The minimum absolute atomic E-state index is 0.696. The SMILES string of the molecule is Cc1ccc2c(C3CCNC3)c[nH]c2c1. The molecule has 1 aliphatic rings. The number of aromatic nitrogens is 1. The van der Waals surface area contributed by atoms with E-state index in [0.717, 1.165) is 13.1 Å². The fraction of sp³-hybridized carbons (Fsp3) is 0.385. The number of aryl methyl sites for hydroxylation is 1. The van der Waals surface area contributed by atoms with Crippen molar-refractivity contribution in [1.82, 2.24) is 10.3 Å². The Morgan fingerprint density at radius 2 is 2.27 bits per heavy atom. The molecule has 2 nitrogen and oxygen atoms in total. The number of nitrogens with one attached hydrogen (secondary N) is 2. The van der Waals surface area contributed by atoms with E-state index in [-0.39, 0.29) is 0 Å². The molecular weight excluding hydrogens is 184 g/mol. The summed E-state index contributed by atoms with van der Waals surface area (Å²) in [5, 5.41) is 4.82. The second kappa shape index (κ2) is 3.38. The standard InChI is InChI=1S/C13H16N2/c1-9-2-3-11-12(8-15-13(11)6-9)10-4-5-14-7-10/h2-3,6,8,10,14-15H,4-5,7H2,1H3. The predicted molar refractivity (Wildman–Crippen MR) is 63.3 cm³/mol. The van der Waals surface area contributed by atoms with Gasteiger partial charge >= 0.3 is 0 Å². The van der Waals surface area contributed by atoms with Gasteiger partial charge in [0.25, 0.3) is 0 Å². The molecule has 0 aliphatic carbocycles. The first kappa shape index (κ1) is 8.98. The van der Waals surface area contributed by atoms with Gasteiger partial charge in [0.15, 0.2) is 0 Å². The summed E-state index contributed by atoms with van der Waals surface area (Å²) >= 11 is 0. The van der Waals surface area contributed by atoms with E-state index in [1.54, 1.807) is 0 Å². The van der Waals surface area contributed by atoms with Crippen molar-refractivity contribution in [2.45, 2.75) is 19.3 Å². The highest BCUT2D eigenvalue weighted by molar-refractivity contribution is 5.84. The lowest BCUT2D eigenvalue weighted by atomic mass is 9.97. The highest BCUT2D eigenvalue weighted by atomic mass is 14.9. The fourth-order valence-corrected chi connectivity index (χ4v) is 2.52. The molecule has 2 heteroatoms. The first-order valence-electron chi connectivity index (χ1n) is 5.63. The third kappa shape index (κ3) is 1.45. The molecule has 1 atom stereocenters. The summed E-state index contributed by atoms with van der Waals surface area (Å²) in [6, 6.07) is 6.66. The van der Waals surface area contributed by atoms with Crippen molar-refractivity contribution in [1.29, 1.82) is 0 Å². The van der Waals surface area contributed by atoms with Crippen LogP contribution in [0.15, 0.2) is 24.4 Å². The van der Waals surface area contributed by atoms with Crippen LogP contribution in [0.25, 0.3) is 10.9 Å². The number of rotatable bonds is 1. The Hall–Kier alpha value is -1.28. The van der Waals surface area contributed by atoms with Crippen LogP contribution in [0.2, 0.25) is 0 Å². The highest BCUT2D eigenvalue weighted by Gasteiger charge is 2.19. The van der Waals surface area contributed by atoms with Gasteiger partial charge in [-0.25, -0.2) is 0 Å². The summed E-state index contributed by atoms with van der Waals surface area (Å²) in [5.74, 6) is 0.696. The molecule has 0 radical (unpaired) electrons. The van der Waals surface area contributed by atoms with Crippen molar-refractivity contribution in [3.05, 3.63) is 35.5 Å². The lowest BCUT2D eigenvalue weighted by Gasteiger charge is -2.06. The van der Waals surface area contributed by atoms with Gasteiger partial charge in [0.1, 0.15) is 0 Å². The molecule has 1 aromatic carbocycles. The minimum Gasteiger partial charge on any atom is -0.361 e. The van der Waals surface area contributed by atoms with Crippen molar-refractivity contribution in [2.75, 3.05) is 13.1 Å². The van der Waals surface area contributed by atoms with Gasteiger partial charge in [0, 0.05) is 23.6 Å². The zero-order valence-corrected chi connectivity index (χ0v) is 9.01. The van der Waals surface area contributed by atoms with E-state index < -0.39 is 0 Å². The van der Waals surface area contributed by atoms with E-state index in [1.165, 1.54) is 28.5 Å². The smallest absolute Gasteiger partial charge is 0.0459 e. The highest BCUT2D eigenvalue weighted by Crippen LogP contribution is 2.29. The monoisotopic (exact) mass is 200 g/mol. The lowest BCUT2D eigenvalue weighted by molar-refractivity contribution is 0.769. The Kier molecular flexibility index (Phi) is 2.03. The van der Waals surface area contributed by atoms with Crippen molar-refractivity contribution in [3.8, 4) is 0 Å². The third-order valence-electron chi connectivity index (χ3n) is 3.37. The molecule has 3 rings (SSSR count). The molecule has 1 aromatic heterocycles. The second-order valence-corrected chi connectivity index (χ2v) is 4.48. The third-order valence-corrected chi connectivity index (χ3v) is 3.37. The first-order valence-corrected chi connectivity index (χ1v) is 5.63. The van der Waals surface area contributed by atoms with Crippen molar-refractivity contribution in [2.24, 2.45) is 0 Å². The maximum Gasteiger partial charge on any atom is 0.0459 e. The molecule has 1 fully saturated rings. The number of hydrogen-bond acceptors (Lipinski definition) is 1. The lowest BCUT2D eigenvalue weighted by Crippen LogP contribution is -2.07. The summed E-state index contributed by atoms with van der Waals surface area (Å²) in [7, 11) is 0. The molecule has 1 unspecified atom stereocenters. The average Bonchev–Trinajstić information content (AvgIpc) is 2.82. The molecule has 2 aromatic rings. The van der Waals surface area contributed by atoms with E-state index in [9.17, 15) is 0 Å². The van der Waals surface area contributed by atoms with Gasteiger partial charge < -0.3 is 10.3 Å². The second-order valence-electron chi connectivity index (χ2n) is 4.48. The largest absolute Gasteiger partial charge is 0.361 e. The van der Waals surface area contributed by atoms with E-state index in [0.29, 0.717) is 5.92 Å². The van der Waals surface area contributed by atoms with Gasteiger partial charge in [0.2, 0.25) is 0 Å². The quantitative estimate of drug-likeness (QED) is 0.727. The number of hydrogen-bond donors (Lipinski definition) is 2. The Balaban J connectivity index is 2.11. The van der Waals surface area contributed by atoms with Crippen LogP contribution in [0.1, 0.15) is 23.5 Å². The summed E-state index contributed by atoms with van der Waals surface area (Å²) in [6.07, 6.45) is 3.45. The summed E-state index contributed by atoms with van der Waals surface area (Å²) in [6.45, 7) is 4.42. The van der Waals surface area contributed by atoms with Crippen LogP contribution < -0.4 is 5.32 Å². The normalized spacial score (nSPS) is 21.3. The number of aromatic amines is 1. The van der Waals surface area contributed by atoms with Crippen molar-refractivity contribution >= 4 is 10.9 Å². The summed E-state index contributed by atoms with van der Waals surface area (Å²) in [5.41, 5.74) is 4.08. The summed E-state index contributed by atoms with van der Waals surface area (Å²) in [4.78, 5) is 3.38. The van der Waals surface area contributed by atoms with Gasteiger partial charge in [-0.05, 0) is 43.0 Å². The zero-order valence-electron chi connectivity index (χ0n) is 9.01. The van der Waals surface area contributed by atoms with Gasteiger partial charge in [0.05, 0.1) is 0 Å². The van der Waals surface area contributed by atoms with Crippen molar-refractivity contribution in [3.63, 3.8) is 0 Å². The van der Waals surface area contributed by atoms with E-state index in [1.807, 2.05) is 0 Å². The fourth-order valence-electron chi connectivity index (χ4n) is 2.52. The first-order chi connectivity index (χ1) is 7.34. The number of benzene rings is 1. The van der Waals surface area contributed by atoms with Gasteiger partial charge in [-0.2, -0.15) is 0 Å². The topological polar surface area (TPSA) is 27.8 Å². The van der Waals surface area contributed by atoms with Gasteiger partial charge in [-0.3, -0.25) is 0 Å². The molecule has 1 saturated heterocycles. The number of fused-ring (bicyclic) bond motifs is 1. The summed E-state index contributed by atoms with van der Waals surface area (Å²) < 4.78 is 0.